The van der Waals surface area contributed by atoms with Crippen molar-refractivity contribution in [2.24, 2.45) is 11.6 Å². The molecule has 1 saturated heterocycles. The van der Waals surface area contributed by atoms with Gasteiger partial charge in [0.15, 0.2) is 0 Å². The number of nitrogens with two attached hydrogens (primary N) is 2. The van der Waals surface area contributed by atoms with Crippen molar-refractivity contribution in [1.29, 1.82) is 0 Å². The van der Waals surface area contributed by atoms with Gasteiger partial charge in [0, 0.05) is 6.54 Å². The number of halogens is 3. The Hall–Kier alpha value is -3.37. The van der Waals surface area contributed by atoms with Crippen LogP contribution in [0.2, 0.25) is 0 Å². The van der Waals surface area contributed by atoms with E-state index < -0.39 is 17.5 Å². The van der Waals surface area contributed by atoms with Crippen LogP contribution in [0.25, 0.3) is 17.1 Å². The van der Waals surface area contributed by atoms with Crippen LogP contribution in [0.4, 0.5) is 18.9 Å². The number of para-hydroxylation sites is 1. The minimum Gasteiger partial charge on any atom is -0.393 e. The Morgan fingerprint density at radius 2 is 1.81 bits per heavy atom. The predicted molar refractivity (Wildman–Crippen MR) is 109 cm³/mol. The fourth-order valence-corrected chi connectivity index (χ4v) is 3.47. The van der Waals surface area contributed by atoms with Gasteiger partial charge in [-0.05, 0) is 56.3 Å². The molecule has 4 rings (SSSR count). The van der Waals surface area contributed by atoms with Crippen molar-refractivity contribution in [3.8, 4) is 11.4 Å². The van der Waals surface area contributed by atoms with Crippen LogP contribution >= 0.6 is 0 Å². The number of hydrogen-bond donors (Lipinski definition) is 2. The highest BCUT2D eigenvalue weighted by Gasteiger charge is 2.24. The molecule has 1 fully saturated rings. The van der Waals surface area contributed by atoms with Gasteiger partial charge in [0.2, 0.25) is 5.82 Å². The van der Waals surface area contributed by atoms with Crippen LogP contribution < -0.4 is 16.6 Å². The zero-order valence-electron chi connectivity index (χ0n) is 16.6. The number of benzene rings is 2. The molecule has 10 heteroatoms. The van der Waals surface area contributed by atoms with Gasteiger partial charge in [-0.2, -0.15) is 4.98 Å². The van der Waals surface area contributed by atoms with Crippen molar-refractivity contribution in [2.45, 2.75) is 12.8 Å². The first-order valence-corrected chi connectivity index (χ1v) is 9.74. The Morgan fingerprint density at radius 3 is 2.55 bits per heavy atom. The molecule has 0 amide bonds. The average molecular weight is 430 g/mol. The molecule has 1 aromatic heterocycles. The molecule has 0 spiro atoms. The topological polar surface area (TPSA) is 97.4 Å². The minimum atomic E-state index is -0.708. The highest BCUT2D eigenvalue weighted by Crippen LogP contribution is 2.27. The van der Waals surface area contributed by atoms with E-state index in [4.69, 9.17) is 16.1 Å². The fourth-order valence-electron chi connectivity index (χ4n) is 3.47. The summed E-state index contributed by atoms with van der Waals surface area (Å²) >= 11 is 0. The number of anilines is 1. The summed E-state index contributed by atoms with van der Waals surface area (Å²) in [4.78, 5) is 6.23. The smallest absolute Gasteiger partial charge is 0.276 e. The van der Waals surface area contributed by atoms with Crippen molar-refractivity contribution in [1.82, 2.24) is 15.0 Å². The lowest BCUT2D eigenvalue weighted by Crippen LogP contribution is -2.38. The number of aromatic nitrogens is 2. The quantitative estimate of drug-likeness (QED) is 0.458. The van der Waals surface area contributed by atoms with Gasteiger partial charge in [0.05, 0.1) is 16.9 Å². The predicted octanol–water partition coefficient (Wildman–Crippen LogP) is 3.26. The summed E-state index contributed by atoms with van der Waals surface area (Å²) in [5.41, 5.74) is 6.64. The Balaban J connectivity index is 1.74. The number of hydrogen-bond acceptors (Lipinski definition) is 7. The second-order valence-electron chi connectivity index (χ2n) is 7.21. The normalized spacial score (nSPS) is 15.2. The summed E-state index contributed by atoms with van der Waals surface area (Å²) < 4.78 is 47.2. The Labute approximate surface area is 176 Å². The van der Waals surface area contributed by atoms with Crippen molar-refractivity contribution in [2.75, 3.05) is 24.6 Å². The molecular weight excluding hydrogens is 409 g/mol. The third kappa shape index (κ3) is 4.39. The van der Waals surface area contributed by atoms with E-state index in [1.54, 1.807) is 12.1 Å². The molecule has 2 aromatic carbocycles. The molecule has 7 nitrogen and oxygen atoms in total. The van der Waals surface area contributed by atoms with Crippen molar-refractivity contribution < 1.29 is 17.7 Å². The van der Waals surface area contributed by atoms with Gasteiger partial charge in [0.25, 0.3) is 5.89 Å². The molecule has 2 heterocycles. The van der Waals surface area contributed by atoms with Crippen LogP contribution in [-0.4, -0.2) is 34.7 Å². The molecule has 1 aliphatic rings. The third-order valence-electron chi connectivity index (χ3n) is 5.11. The van der Waals surface area contributed by atoms with Crippen molar-refractivity contribution in [3.05, 3.63) is 71.5 Å². The number of nitrogens with zero attached hydrogens (tertiary/aromatic N) is 4. The molecule has 3 aromatic rings. The molecule has 4 N–H and O–H groups in total. The van der Waals surface area contributed by atoms with Gasteiger partial charge in [-0.25, -0.2) is 19.0 Å². The van der Waals surface area contributed by atoms with Crippen LogP contribution in [0.3, 0.4) is 0 Å². The molecule has 31 heavy (non-hydrogen) atoms. The summed E-state index contributed by atoms with van der Waals surface area (Å²) in [6, 6.07) is 8.94. The number of likely N-dealkylation sites (tertiary alicyclic amines) is 1. The zero-order chi connectivity index (χ0) is 22.0. The van der Waals surface area contributed by atoms with E-state index in [-0.39, 0.29) is 28.7 Å². The van der Waals surface area contributed by atoms with Crippen molar-refractivity contribution in [3.63, 3.8) is 0 Å². The summed E-state index contributed by atoms with van der Waals surface area (Å²) in [7, 11) is 0. The van der Waals surface area contributed by atoms with Crippen LogP contribution in [0, 0.1) is 17.5 Å². The first-order valence-electron chi connectivity index (χ1n) is 9.74. The minimum absolute atomic E-state index is 0.0215. The van der Waals surface area contributed by atoms with E-state index >= 15 is 0 Å². The summed E-state index contributed by atoms with van der Waals surface area (Å²) in [5, 5.41) is 4.87. The van der Waals surface area contributed by atoms with E-state index in [1.807, 2.05) is 0 Å². The molecule has 0 bridgehead atoms. The van der Waals surface area contributed by atoms with Gasteiger partial charge >= 0.3 is 0 Å². The first kappa shape index (κ1) is 20.9. The summed E-state index contributed by atoms with van der Waals surface area (Å²) in [6.45, 7) is 2.00. The lowest BCUT2D eigenvalue weighted by Gasteiger charge is -2.27. The third-order valence-corrected chi connectivity index (χ3v) is 5.11. The molecule has 0 saturated carbocycles. The van der Waals surface area contributed by atoms with E-state index in [1.165, 1.54) is 12.1 Å². The van der Waals surface area contributed by atoms with Gasteiger partial charge in [-0.1, -0.05) is 17.3 Å². The van der Waals surface area contributed by atoms with Crippen LogP contribution in [0.5, 0.6) is 0 Å². The summed E-state index contributed by atoms with van der Waals surface area (Å²) in [6.07, 6.45) is 2.06. The number of hydrazine groups is 1. The van der Waals surface area contributed by atoms with Crippen LogP contribution in [-0.2, 0) is 0 Å². The standard InChI is InChI=1S/C21H21F3N6O/c22-13-7-8-15(23)14(11-13)20-27-21(31-28-20)19(25)18(12-29-9-3-4-10-29)30(26)17-6-2-1-5-16(17)24/h1-2,5-8,11H,3-4,9-10,12,25-26H2/b19-18-. The van der Waals surface area contributed by atoms with Crippen LogP contribution in [0.15, 0.2) is 52.7 Å². The van der Waals surface area contributed by atoms with E-state index in [0.29, 0.717) is 12.2 Å². The average Bonchev–Trinajstić information content (AvgIpc) is 3.45. The maximum absolute atomic E-state index is 14.4. The Morgan fingerprint density at radius 1 is 1.06 bits per heavy atom. The molecule has 0 atom stereocenters. The maximum atomic E-state index is 14.4. The van der Waals surface area contributed by atoms with Crippen LogP contribution in [0.1, 0.15) is 18.7 Å². The van der Waals surface area contributed by atoms with Gasteiger partial charge in [0.1, 0.15) is 23.1 Å². The molecule has 0 unspecified atom stereocenters. The molecule has 1 aliphatic heterocycles. The highest BCUT2D eigenvalue weighted by molar-refractivity contribution is 5.68. The first-order chi connectivity index (χ1) is 14.9. The second-order valence-corrected chi connectivity index (χ2v) is 7.21. The molecular formula is C21H21F3N6O. The lowest BCUT2D eigenvalue weighted by atomic mass is 10.2. The summed E-state index contributed by atoms with van der Waals surface area (Å²) in [5.74, 6) is 4.08. The number of rotatable bonds is 6. The van der Waals surface area contributed by atoms with Gasteiger partial charge in [-0.15, -0.1) is 0 Å². The van der Waals surface area contributed by atoms with Gasteiger partial charge < -0.3 is 10.3 Å². The SMILES string of the molecule is N/C(=C(/CN1CCCC1)N(N)c1ccccc1F)c1nc(-c2cc(F)ccc2F)no1. The zero-order valence-corrected chi connectivity index (χ0v) is 16.6. The second kappa shape index (κ2) is 8.78. The van der Waals surface area contributed by atoms with Gasteiger partial charge in [-0.3, -0.25) is 9.91 Å². The van der Waals surface area contributed by atoms with Crippen molar-refractivity contribution >= 4 is 11.4 Å². The van der Waals surface area contributed by atoms with E-state index in [2.05, 4.69) is 15.0 Å². The Kier molecular flexibility index (Phi) is 5.92. The molecule has 0 radical (unpaired) electrons. The molecule has 162 valence electrons. The maximum Gasteiger partial charge on any atom is 0.276 e. The largest absolute Gasteiger partial charge is 0.393 e. The fraction of sp³-hybridized carbons (Fsp3) is 0.238. The van der Waals surface area contributed by atoms with E-state index in [0.717, 1.165) is 49.1 Å². The Bertz CT molecular complexity index is 1110. The monoisotopic (exact) mass is 430 g/mol. The lowest BCUT2D eigenvalue weighted by molar-refractivity contribution is 0.363. The van der Waals surface area contributed by atoms with E-state index in [9.17, 15) is 13.2 Å². The highest BCUT2D eigenvalue weighted by atomic mass is 19.1. The molecule has 0 aliphatic carbocycles.